The first-order valence-electron chi connectivity index (χ1n) is 3.86. The highest BCUT2D eigenvalue weighted by atomic mass is 16.4. The molecule has 0 aromatic heterocycles. The molecule has 0 aliphatic carbocycles. The second-order valence-corrected chi connectivity index (χ2v) is 2.59. The summed E-state index contributed by atoms with van der Waals surface area (Å²) in [7, 11) is 1.52. The van der Waals surface area contributed by atoms with E-state index in [4.69, 9.17) is 10.2 Å². The molecule has 0 aliphatic heterocycles. The molecule has 0 spiro atoms. The molecule has 0 saturated heterocycles. The van der Waals surface area contributed by atoms with Gasteiger partial charge in [0, 0.05) is 0 Å². The van der Waals surface area contributed by atoms with E-state index in [2.05, 4.69) is 10.6 Å². The van der Waals surface area contributed by atoms with Crippen LogP contribution in [0.3, 0.4) is 0 Å². The maximum atomic E-state index is 10.9. The number of amides is 1. The van der Waals surface area contributed by atoms with Crippen molar-refractivity contribution >= 4 is 17.8 Å². The smallest absolute Gasteiger partial charge is 0.326 e. The molecule has 14 heavy (non-hydrogen) atoms. The Morgan fingerprint density at radius 1 is 1.29 bits per heavy atom. The van der Waals surface area contributed by atoms with Crippen molar-refractivity contribution in [2.24, 2.45) is 0 Å². The van der Waals surface area contributed by atoms with Crippen molar-refractivity contribution in [1.29, 1.82) is 0 Å². The number of rotatable bonds is 6. The van der Waals surface area contributed by atoms with Crippen molar-refractivity contribution in [3.05, 3.63) is 0 Å². The minimum absolute atomic E-state index is 0.0522. The average Bonchev–Trinajstić information content (AvgIpc) is 2.02. The number of aliphatic carboxylic acids is 2. The standard InChI is InChI=1S/C7H12N2O5/c1-8-3-5(10)9-4(7(13)14)2-6(11)12/h4,8H,2-3H2,1H3,(H,9,10)(H,11,12)(H,13,14). The van der Waals surface area contributed by atoms with Crippen molar-refractivity contribution in [2.75, 3.05) is 13.6 Å². The van der Waals surface area contributed by atoms with Gasteiger partial charge >= 0.3 is 11.9 Å². The number of carbonyl (C=O) groups excluding carboxylic acids is 1. The normalized spacial score (nSPS) is 11.8. The van der Waals surface area contributed by atoms with E-state index in [1.54, 1.807) is 0 Å². The SMILES string of the molecule is CNCC(=O)NC(CC(=O)O)C(=O)O. The maximum Gasteiger partial charge on any atom is 0.326 e. The average molecular weight is 204 g/mol. The molecule has 0 bridgehead atoms. The van der Waals surface area contributed by atoms with Gasteiger partial charge in [-0.1, -0.05) is 0 Å². The fourth-order valence-corrected chi connectivity index (χ4v) is 0.781. The van der Waals surface area contributed by atoms with E-state index in [1.165, 1.54) is 7.05 Å². The van der Waals surface area contributed by atoms with E-state index in [0.29, 0.717) is 0 Å². The molecule has 1 atom stereocenters. The number of carboxylic acid groups (broad SMARTS) is 2. The molecule has 4 N–H and O–H groups in total. The van der Waals surface area contributed by atoms with Gasteiger partial charge in [0.15, 0.2) is 0 Å². The van der Waals surface area contributed by atoms with Crippen LogP contribution in [-0.2, 0) is 14.4 Å². The molecule has 1 amide bonds. The minimum Gasteiger partial charge on any atom is -0.481 e. The van der Waals surface area contributed by atoms with Crippen molar-refractivity contribution in [1.82, 2.24) is 10.6 Å². The quantitative estimate of drug-likeness (QED) is 0.407. The third-order valence-corrected chi connectivity index (χ3v) is 1.35. The van der Waals surface area contributed by atoms with Gasteiger partial charge in [0.25, 0.3) is 0 Å². The zero-order chi connectivity index (χ0) is 11.1. The van der Waals surface area contributed by atoms with Gasteiger partial charge in [0.05, 0.1) is 13.0 Å². The van der Waals surface area contributed by atoms with Crippen LogP contribution in [0.2, 0.25) is 0 Å². The highest BCUT2D eigenvalue weighted by Gasteiger charge is 2.22. The van der Waals surface area contributed by atoms with Crippen molar-refractivity contribution in [3.8, 4) is 0 Å². The highest BCUT2D eigenvalue weighted by molar-refractivity contribution is 5.87. The van der Waals surface area contributed by atoms with Crippen LogP contribution in [0.5, 0.6) is 0 Å². The Morgan fingerprint density at radius 3 is 2.21 bits per heavy atom. The van der Waals surface area contributed by atoms with E-state index in [1.807, 2.05) is 0 Å². The van der Waals surface area contributed by atoms with Gasteiger partial charge in [0.1, 0.15) is 6.04 Å². The largest absolute Gasteiger partial charge is 0.481 e. The summed E-state index contributed by atoms with van der Waals surface area (Å²) in [6, 6.07) is -1.38. The molecule has 0 radical (unpaired) electrons. The molecular formula is C7H12N2O5. The summed E-state index contributed by atoms with van der Waals surface area (Å²) in [4.78, 5) is 31.6. The molecule has 7 heteroatoms. The minimum atomic E-state index is -1.38. The molecule has 1 unspecified atom stereocenters. The summed E-state index contributed by atoms with van der Waals surface area (Å²) in [5.41, 5.74) is 0. The van der Waals surface area contributed by atoms with Crippen molar-refractivity contribution in [3.63, 3.8) is 0 Å². The number of hydrogen-bond acceptors (Lipinski definition) is 4. The zero-order valence-corrected chi connectivity index (χ0v) is 7.61. The van der Waals surface area contributed by atoms with Gasteiger partial charge in [-0.25, -0.2) is 4.79 Å². The molecule has 0 aromatic carbocycles. The van der Waals surface area contributed by atoms with Gasteiger partial charge in [-0.05, 0) is 7.05 Å². The highest BCUT2D eigenvalue weighted by Crippen LogP contribution is 1.92. The van der Waals surface area contributed by atoms with Crippen LogP contribution in [0.1, 0.15) is 6.42 Å². The van der Waals surface area contributed by atoms with Crippen LogP contribution >= 0.6 is 0 Å². The summed E-state index contributed by atoms with van der Waals surface area (Å²) in [5.74, 6) is -3.19. The Hall–Kier alpha value is -1.63. The lowest BCUT2D eigenvalue weighted by Gasteiger charge is -2.11. The molecule has 0 aromatic rings. The van der Waals surface area contributed by atoms with E-state index in [0.717, 1.165) is 0 Å². The topological polar surface area (TPSA) is 116 Å². The van der Waals surface area contributed by atoms with E-state index < -0.39 is 30.3 Å². The predicted molar refractivity (Wildman–Crippen MR) is 45.7 cm³/mol. The molecule has 0 saturated carbocycles. The number of hydrogen-bond donors (Lipinski definition) is 4. The summed E-state index contributed by atoms with van der Waals surface area (Å²) in [5, 5.41) is 21.5. The third-order valence-electron chi connectivity index (χ3n) is 1.35. The fourth-order valence-electron chi connectivity index (χ4n) is 0.781. The lowest BCUT2D eigenvalue weighted by atomic mass is 10.2. The first-order chi connectivity index (χ1) is 6.47. The molecule has 0 heterocycles. The molecule has 7 nitrogen and oxygen atoms in total. The van der Waals surface area contributed by atoms with Crippen LogP contribution in [0, 0.1) is 0 Å². The fraction of sp³-hybridized carbons (Fsp3) is 0.571. The Kier molecular flexibility index (Phi) is 5.23. The van der Waals surface area contributed by atoms with Crippen LogP contribution in [0.15, 0.2) is 0 Å². The second kappa shape index (κ2) is 5.92. The molecule has 0 fully saturated rings. The second-order valence-electron chi connectivity index (χ2n) is 2.59. The Balaban J connectivity index is 4.16. The van der Waals surface area contributed by atoms with Gasteiger partial charge in [-0.2, -0.15) is 0 Å². The van der Waals surface area contributed by atoms with Gasteiger partial charge in [0.2, 0.25) is 5.91 Å². The lowest BCUT2D eigenvalue weighted by Crippen LogP contribution is -2.45. The van der Waals surface area contributed by atoms with Crippen LogP contribution in [-0.4, -0.2) is 47.7 Å². The Labute approximate surface area is 80.1 Å². The van der Waals surface area contributed by atoms with E-state index in [9.17, 15) is 14.4 Å². The summed E-state index contributed by atoms with van der Waals surface area (Å²) in [6.07, 6.45) is -0.634. The monoisotopic (exact) mass is 204 g/mol. The summed E-state index contributed by atoms with van der Waals surface area (Å²) in [6.45, 7) is -0.0522. The van der Waals surface area contributed by atoms with Gasteiger partial charge in [-0.3, -0.25) is 9.59 Å². The summed E-state index contributed by atoms with van der Waals surface area (Å²) < 4.78 is 0. The Bertz CT molecular complexity index is 240. The first kappa shape index (κ1) is 12.4. The van der Waals surface area contributed by atoms with Crippen molar-refractivity contribution < 1.29 is 24.6 Å². The van der Waals surface area contributed by atoms with Crippen molar-refractivity contribution in [2.45, 2.75) is 12.5 Å². The van der Waals surface area contributed by atoms with E-state index >= 15 is 0 Å². The number of carboxylic acids is 2. The number of nitrogens with one attached hydrogen (secondary N) is 2. The molecule has 0 aliphatic rings. The third kappa shape index (κ3) is 5.09. The molecule has 80 valence electrons. The molecule has 0 rings (SSSR count). The first-order valence-corrected chi connectivity index (χ1v) is 3.86. The molecular weight excluding hydrogens is 192 g/mol. The lowest BCUT2D eigenvalue weighted by molar-refractivity contribution is -0.147. The van der Waals surface area contributed by atoms with Gasteiger partial charge in [-0.15, -0.1) is 0 Å². The number of likely N-dealkylation sites (N-methyl/N-ethyl adjacent to an activating group) is 1. The zero-order valence-electron chi connectivity index (χ0n) is 7.61. The van der Waals surface area contributed by atoms with Crippen LogP contribution in [0.25, 0.3) is 0 Å². The summed E-state index contributed by atoms with van der Waals surface area (Å²) >= 11 is 0. The maximum absolute atomic E-state index is 10.9. The van der Waals surface area contributed by atoms with Gasteiger partial charge < -0.3 is 20.8 Å². The van der Waals surface area contributed by atoms with Crippen LogP contribution < -0.4 is 10.6 Å². The van der Waals surface area contributed by atoms with Crippen LogP contribution in [0.4, 0.5) is 0 Å². The predicted octanol–water partition coefficient (Wildman–Crippen LogP) is -1.75. The number of carbonyl (C=O) groups is 3. The Morgan fingerprint density at radius 2 is 1.86 bits per heavy atom. The van der Waals surface area contributed by atoms with E-state index in [-0.39, 0.29) is 6.54 Å².